The third kappa shape index (κ3) is 3.80. The van der Waals surface area contributed by atoms with Gasteiger partial charge < -0.3 is 5.73 Å². The molecular formula is C14H23BrN2. The number of benzene rings is 1. The molecule has 0 aromatic heterocycles. The van der Waals surface area contributed by atoms with Gasteiger partial charge in [0, 0.05) is 17.1 Å². The third-order valence-corrected chi connectivity index (χ3v) is 3.78. The highest BCUT2D eigenvalue weighted by Crippen LogP contribution is 2.28. The zero-order chi connectivity index (χ0) is 12.8. The molecule has 0 heterocycles. The molecule has 17 heavy (non-hydrogen) atoms. The van der Waals surface area contributed by atoms with E-state index in [0.717, 1.165) is 19.5 Å². The molecule has 1 rings (SSSR count). The van der Waals surface area contributed by atoms with Crippen LogP contribution in [0.3, 0.4) is 0 Å². The lowest BCUT2D eigenvalue weighted by atomic mass is 10.0. The number of hydrogen-bond donors (Lipinski definition) is 1. The number of halogens is 1. The standard InChI is InChI=1S/C14H23BrN2/c1-4-8-17(5-2)14(10-16)12-7-6-11(3)9-13(12)15/h6-7,9,14H,4-5,8,10,16H2,1-3H3. The van der Waals surface area contributed by atoms with Crippen LogP contribution >= 0.6 is 15.9 Å². The lowest BCUT2D eigenvalue weighted by Crippen LogP contribution is -2.34. The van der Waals surface area contributed by atoms with Crippen LogP contribution in [0.1, 0.15) is 37.4 Å². The van der Waals surface area contributed by atoms with Crippen molar-refractivity contribution in [2.24, 2.45) is 5.73 Å². The molecule has 0 aliphatic heterocycles. The summed E-state index contributed by atoms with van der Waals surface area (Å²) in [6.45, 7) is 9.31. The Bertz CT molecular complexity index is 352. The van der Waals surface area contributed by atoms with Gasteiger partial charge in [0.15, 0.2) is 0 Å². The quantitative estimate of drug-likeness (QED) is 0.871. The molecule has 0 fully saturated rings. The summed E-state index contributed by atoms with van der Waals surface area (Å²) in [4.78, 5) is 2.44. The maximum Gasteiger partial charge on any atom is 0.0481 e. The molecule has 0 aliphatic carbocycles. The zero-order valence-electron chi connectivity index (χ0n) is 11.0. The van der Waals surface area contributed by atoms with E-state index in [-0.39, 0.29) is 0 Å². The molecule has 0 bridgehead atoms. The van der Waals surface area contributed by atoms with Gasteiger partial charge in [-0.05, 0) is 43.6 Å². The fourth-order valence-corrected chi connectivity index (χ4v) is 2.95. The van der Waals surface area contributed by atoms with Crippen molar-refractivity contribution in [2.75, 3.05) is 19.6 Å². The molecule has 3 heteroatoms. The van der Waals surface area contributed by atoms with E-state index in [9.17, 15) is 0 Å². The number of likely N-dealkylation sites (N-methyl/N-ethyl adjacent to an activating group) is 1. The molecule has 0 saturated carbocycles. The monoisotopic (exact) mass is 298 g/mol. The van der Waals surface area contributed by atoms with Crippen molar-refractivity contribution in [3.05, 3.63) is 33.8 Å². The molecule has 1 atom stereocenters. The van der Waals surface area contributed by atoms with Crippen LogP contribution in [0.25, 0.3) is 0 Å². The molecule has 2 N–H and O–H groups in total. The number of hydrogen-bond acceptors (Lipinski definition) is 2. The van der Waals surface area contributed by atoms with Crippen molar-refractivity contribution < 1.29 is 0 Å². The number of aryl methyl sites for hydroxylation is 1. The SMILES string of the molecule is CCCN(CC)C(CN)c1ccc(C)cc1Br. The van der Waals surface area contributed by atoms with E-state index in [1.54, 1.807) is 0 Å². The van der Waals surface area contributed by atoms with Crippen LogP contribution in [-0.4, -0.2) is 24.5 Å². The fourth-order valence-electron chi connectivity index (χ4n) is 2.20. The minimum Gasteiger partial charge on any atom is -0.329 e. The molecule has 1 unspecified atom stereocenters. The summed E-state index contributed by atoms with van der Waals surface area (Å²) < 4.78 is 1.17. The maximum absolute atomic E-state index is 5.96. The first kappa shape index (κ1) is 14.7. The highest BCUT2D eigenvalue weighted by molar-refractivity contribution is 9.10. The first-order valence-corrected chi connectivity index (χ1v) is 7.13. The number of nitrogens with zero attached hydrogens (tertiary/aromatic N) is 1. The minimum atomic E-state index is 0.315. The Morgan fingerprint density at radius 1 is 1.35 bits per heavy atom. The summed E-state index contributed by atoms with van der Waals surface area (Å²) in [7, 11) is 0. The van der Waals surface area contributed by atoms with Gasteiger partial charge >= 0.3 is 0 Å². The summed E-state index contributed by atoms with van der Waals surface area (Å²) in [6, 6.07) is 6.82. The predicted molar refractivity (Wildman–Crippen MR) is 78.2 cm³/mol. The molecule has 1 aromatic carbocycles. The second-order valence-electron chi connectivity index (χ2n) is 4.41. The van der Waals surface area contributed by atoms with Crippen molar-refractivity contribution in [2.45, 2.75) is 33.2 Å². The first-order valence-electron chi connectivity index (χ1n) is 6.34. The lowest BCUT2D eigenvalue weighted by Gasteiger charge is -2.30. The van der Waals surface area contributed by atoms with Crippen LogP contribution in [0.4, 0.5) is 0 Å². The van der Waals surface area contributed by atoms with Gasteiger partial charge in [-0.1, -0.05) is 41.9 Å². The minimum absolute atomic E-state index is 0.315. The van der Waals surface area contributed by atoms with Crippen LogP contribution < -0.4 is 5.73 Å². The van der Waals surface area contributed by atoms with Gasteiger partial charge in [-0.25, -0.2) is 0 Å². The highest BCUT2D eigenvalue weighted by atomic mass is 79.9. The topological polar surface area (TPSA) is 29.3 Å². The molecule has 1 aromatic rings. The van der Waals surface area contributed by atoms with Gasteiger partial charge in [-0.3, -0.25) is 4.90 Å². The molecule has 0 spiro atoms. The summed E-state index contributed by atoms with van der Waals surface area (Å²) in [5, 5.41) is 0. The predicted octanol–water partition coefficient (Wildman–Crippen LogP) is 3.49. The average molecular weight is 299 g/mol. The first-order chi connectivity index (χ1) is 8.13. The summed E-state index contributed by atoms with van der Waals surface area (Å²) in [5.41, 5.74) is 8.53. The van der Waals surface area contributed by atoms with Gasteiger partial charge in [0.25, 0.3) is 0 Å². The summed E-state index contributed by atoms with van der Waals surface area (Å²) in [6.07, 6.45) is 1.16. The largest absolute Gasteiger partial charge is 0.329 e. The highest BCUT2D eigenvalue weighted by Gasteiger charge is 2.19. The Morgan fingerprint density at radius 2 is 2.06 bits per heavy atom. The maximum atomic E-state index is 5.96. The second-order valence-corrected chi connectivity index (χ2v) is 5.26. The van der Waals surface area contributed by atoms with E-state index in [0.29, 0.717) is 12.6 Å². The average Bonchev–Trinajstić information content (AvgIpc) is 2.31. The van der Waals surface area contributed by atoms with Crippen LogP contribution in [0.5, 0.6) is 0 Å². The number of nitrogens with two attached hydrogens (primary N) is 1. The van der Waals surface area contributed by atoms with Crippen molar-refractivity contribution in [3.8, 4) is 0 Å². The van der Waals surface area contributed by atoms with E-state index in [2.05, 4.69) is 59.8 Å². The second kappa shape index (κ2) is 7.14. The summed E-state index contributed by atoms with van der Waals surface area (Å²) in [5.74, 6) is 0. The lowest BCUT2D eigenvalue weighted by molar-refractivity contribution is 0.212. The molecule has 0 amide bonds. The zero-order valence-corrected chi connectivity index (χ0v) is 12.6. The van der Waals surface area contributed by atoms with Gasteiger partial charge in [-0.2, -0.15) is 0 Å². The van der Waals surface area contributed by atoms with E-state index in [4.69, 9.17) is 5.73 Å². The molecular weight excluding hydrogens is 276 g/mol. The van der Waals surface area contributed by atoms with Gasteiger partial charge in [0.05, 0.1) is 0 Å². The van der Waals surface area contributed by atoms with E-state index >= 15 is 0 Å². The van der Waals surface area contributed by atoms with Crippen molar-refractivity contribution in [1.29, 1.82) is 0 Å². The van der Waals surface area contributed by atoms with Gasteiger partial charge in [0.1, 0.15) is 0 Å². The van der Waals surface area contributed by atoms with Crippen molar-refractivity contribution >= 4 is 15.9 Å². The fraction of sp³-hybridized carbons (Fsp3) is 0.571. The van der Waals surface area contributed by atoms with Crippen molar-refractivity contribution in [1.82, 2.24) is 4.90 Å². The Morgan fingerprint density at radius 3 is 2.53 bits per heavy atom. The Balaban J connectivity index is 2.99. The Kier molecular flexibility index (Phi) is 6.17. The smallest absolute Gasteiger partial charge is 0.0481 e. The Hall–Kier alpha value is -0.380. The normalized spacial score (nSPS) is 13.1. The van der Waals surface area contributed by atoms with Crippen molar-refractivity contribution in [3.63, 3.8) is 0 Å². The van der Waals surface area contributed by atoms with Crippen LogP contribution in [0, 0.1) is 6.92 Å². The third-order valence-electron chi connectivity index (χ3n) is 3.10. The van der Waals surface area contributed by atoms with E-state index in [1.807, 2.05) is 0 Å². The van der Waals surface area contributed by atoms with Crippen LogP contribution in [0.2, 0.25) is 0 Å². The molecule has 0 aliphatic rings. The van der Waals surface area contributed by atoms with Crippen LogP contribution in [0.15, 0.2) is 22.7 Å². The Labute approximate surface area is 113 Å². The summed E-state index contributed by atoms with van der Waals surface area (Å²) >= 11 is 3.65. The van der Waals surface area contributed by atoms with Crippen LogP contribution in [-0.2, 0) is 0 Å². The number of rotatable bonds is 6. The molecule has 0 saturated heterocycles. The van der Waals surface area contributed by atoms with E-state index < -0.39 is 0 Å². The molecule has 2 nitrogen and oxygen atoms in total. The van der Waals surface area contributed by atoms with Gasteiger partial charge in [0.2, 0.25) is 0 Å². The molecule has 96 valence electrons. The van der Waals surface area contributed by atoms with Gasteiger partial charge in [-0.15, -0.1) is 0 Å². The van der Waals surface area contributed by atoms with E-state index in [1.165, 1.54) is 15.6 Å². The molecule has 0 radical (unpaired) electrons.